The second-order valence-electron chi connectivity index (χ2n) is 5.07. The van der Waals surface area contributed by atoms with Gasteiger partial charge in [-0.25, -0.2) is 4.98 Å². The lowest BCUT2D eigenvalue weighted by Crippen LogP contribution is -2.34. The molecule has 2 rings (SSSR count). The van der Waals surface area contributed by atoms with Gasteiger partial charge in [-0.05, 0) is 26.0 Å². The summed E-state index contributed by atoms with van der Waals surface area (Å²) in [7, 11) is 0. The number of benzene rings is 1. The number of nitrogens with one attached hydrogen (secondary N) is 1. The number of hydrogen-bond donors (Lipinski definition) is 2. The molecule has 0 radical (unpaired) electrons. The Balaban J connectivity index is 0.00000242. The fraction of sp³-hybridized carbons (Fsp3) is 0.333. The second-order valence-corrected chi connectivity index (χ2v) is 7.19. The Morgan fingerprint density at radius 3 is 2.45 bits per heavy atom. The fourth-order valence-electron chi connectivity index (χ4n) is 1.78. The normalized spacial score (nSPS) is 13.1. The molecule has 1 heterocycles. The molecule has 22 heavy (non-hydrogen) atoms. The minimum absolute atomic E-state index is 0. The Kier molecular flexibility index (Phi) is 6.99. The van der Waals surface area contributed by atoms with Gasteiger partial charge in [0.1, 0.15) is 0 Å². The number of hydrogen-bond acceptors (Lipinski definition) is 4. The van der Waals surface area contributed by atoms with E-state index in [-0.39, 0.29) is 30.3 Å². The number of carbonyl (C=O) groups excluding carboxylic acids is 1. The smallest absolute Gasteiger partial charge is 0.230 e. The molecule has 1 amide bonds. The van der Waals surface area contributed by atoms with Gasteiger partial charge < -0.3 is 11.1 Å². The maximum atomic E-state index is 12.0. The zero-order chi connectivity index (χ0) is 15.6. The lowest BCUT2D eigenvalue weighted by Gasteiger charge is -2.13. The molecule has 3 N–H and O–H groups in total. The van der Waals surface area contributed by atoms with Crippen LogP contribution in [0.25, 0.3) is 11.3 Å². The van der Waals surface area contributed by atoms with Crippen LogP contribution in [0.4, 0.5) is 5.13 Å². The van der Waals surface area contributed by atoms with E-state index in [2.05, 4.69) is 26.2 Å². The molecular formula is C15H19BrClN3OS. The van der Waals surface area contributed by atoms with Gasteiger partial charge >= 0.3 is 0 Å². The van der Waals surface area contributed by atoms with Crippen molar-refractivity contribution < 1.29 is 4.79 Å². The summed E-state index contributed by atoms with van der Waals surface area (Å²) in [6.07, 6.45) is 0. The highest BCUT2D eigenvalue weighted by atomic mass is 79.9. The highest BCUT2D eigenvalue weighted by molar-refractivity contribution is 9.10. The van der Waals surface area contributed by atoms with Gasteiger partial charge in [-0.15, -0.1) is 23.7 Å². The van der Waals surface area contributed by atoms with E-state index in [0.717, 1.165) is 20.6 Å². The van der Waals surface area contributed by atoms with E-state index in [0.29, 0.717) is 5.13 Å². The standard InChI is InChI=1S/C15H18BrN3OS.ClH/c1-8(9(2)17)14(20)19-15-18-13(10(3)21-15)11-4-6-12(16)7-5-11;/h4-9H,17H2,1-3H3,(H,18,19,20);1H. The maximum absolute atomic E-state index is 12.0. The molecule has 2 unspecified atom stereocenters. The topological polar surface area (TPSA) is 68.0 Å². The minimum atomic E-state index is -0.245. The molecule has 0 aliphatic rings. The lowest BCUT2D eigenvalue weighted by molar-refractivity contribution is -0.119. The molecule has 0 bridgehead atoms. The van der Waals surface area contributed by atoms with E-state index in [1.54, 1.807) is 0 Å². The predicted molar refractivity (Wildman–Crippen MR) is 98.7 cm³/mol. The van der Waals surface area contributed by atoms with Crippen molar-refractivity contribution in [3.63, 3.8) is 0 Å². The lowest BCUT2D eigenvalue weighted by atomic mass is 10.0. The molecule has 1 aromatic heterocycles. The number of amides is 1. The van der Waals surface area contributed by atoms with Crippen molar-refractivity contribution >= 4 is 50.7 Å². The first-order valence-electron chi connectivity index (χ1n) is 6.68. The van der Waals surface area contributed by atoms with Crippen LogP contribution in [-0.2, 0) is 4.79 Å². The Morgan fingerprint density at radius 2 is 1.91 bits per heavy atom. The van der Waals surface area contributed by atoms with Gasteiger partial charge in [-0.3, -0.25) is 4.79 Å². The molecule has 0 saturated heterocycles. The maximum Gasteiger partial charge on any atom is 0.230 e. The molecule has 0 aliphatic carbocycles. The number of carbonyl (C=O) groups is 1. The molecule has 7 heteroatoms. The van der Waals surface area contributed by atoms with E-state index >= 15 is 0 Å². The van der Waals surface area contributed by atoms with Gasteiger partial charge in [0.25, 0.3) is 0 Å². The zero-order valence-corrected chi connectivity index (χ0v) is 15.8. The molecule has 4 nitrogen and oxygen atoms in total. The Labute approximate surface area is 149 Å². The van der Waals surface area contributed by atoms with E-state index in [1.165, 1.54) is 11.3 Å². The van der Waals surface area contributed by atoms with Crippen molar-refractivity contribution in [3.8, 4) is 11.3 Å². The minimum Gasteiger partial charge on any atom is -0.327 e. The summed E-state index contributed by atoms with van der Waals surface area (Å²) in [5.41, 5.74) is 7.68. The Morgan fingerprint density at radius 1 is 1.32 bits per heavy atom. The van der Waals surface area contributed by atoms with E-state index in [9.17, 15) is 4.79 Å². The van der Waals surface area contributed by atoms with Crippen molar-refractivity contribution in [3.05, 3.63) is 33.6 Å². The van der Waals surface area contributed by atoms with E-state index in [1.807, 2.05) is 45.0 Å². The molecule has 0 spiro atoms. The number of nitrogens with zero attached hydrogens (tertiary/aromatic N) is 1. The van der Waals surface area contributed by atoms with Crippen molar-refractivity contribution in [2.45, 2.75) is 26.8 Å². The highest BCUT2D eigenvalue weighted by Crippen LogP contribution is 2.31. The quantitative estimate of drug-likeness (QED) is 0.801. The summed E-state index contributed by atoms with van der Waals surface area (Å²) in [5, 5.41) is 3.46. The van der Waals surface area contributed by atoms with E-state index in [4.69, 9.17) is 5.73 Å². The molecular weight excluding hydrogens is 386 g/mol. The zero-order valence-electron chi connectivity index (χ0n) is 12.6. The Hall–Kier alpha value is -0.950. The number of aryl methyl sites for hydroxylation is 1. The second kappa shape index (κ2) is 8.06. The average molecular weight is 405 g/mol. The van der Waals surface area contributed by atoms with Crippen molar-refractivity contribution in [1.29, 1.82) is 0 Å². The van der Waals surface area contributed by atoms with Crippen molar-refractivity contribution in [2.24, 2.45) is 11.7 Å². The number of halogens is 2. The van der Waals surface area contributed by atoms with Crippen molar-refractivity contribution in [2.75, 3.05) is 5.32 Å². The van der Waals surface area contributed by atoms with Gasteiger partial charge in [0.15, 0.2) is 5.13 Å². The number of rotatable bonds is 4. The van der Waals surface area contributed by atoms with Crippen LogP contribution >= 0.6 is 39.7 Å². The molecule has 2 atom stereocenters. The number of thiazole rings is 1. The van der Waals surface area contributed by atoms with Crippen LogP contribution in [0.3, 0.4) is 0 Å². The van der Waals surface area contributed by atoms with Crippen LogP contribution in [0, 0.1) is 12.8 Å². The number of nitrogens with two attached hydrogens (primary N) is 1. The average Bonchev–Trinajstić information content (AvgIpc) is 2.79. The number of anilines is 1. The van der Waals surface area contributed by atoms with E-state index < -0.39 is 0 Å². The van der Waals surface area contributed by atoms with Gasteiger partial charge in [-0.1, -0.05) is 35.0 Å². The first-order chi connectivity index (χ1) is 9.88. The summed E-state index contributed by atoms with van der Waals surface area (Å²) in [6, 6.07) is 7.77. The molecule has 0 fully saturated rings. The van der Waals surface area contributed by atoms with Crippen LogP contribution in [0.1, 0.15) is 18.7 Å². The third-order valence-corrected chi connectivity index (χ3v) is 4.76. The van der Waals surface area contributed by atoms with Gasteiger partial charge in [0, 0.05) is 21.0 Å². The molecule has 120 valence electrons. The third kappa shape index (κ3) is 4.52. The molecule has 0 aliphatic heterocycles. The van der Waals surface area contributed by atoms with Gasteiger partial charge in [0.2, 0.25) is 5.91 Å². The van der Waals surface area contributed by atoms with Crippen LogP contribution in [-0.4, -0.2) is 16.9 Å². The largest absolute Gasteiger partial charge is 0.327 e. The summed E-state index contributed by atoms with van der Waals surface area (Å²) in [6.45, 7) is 5.64. The Bertz CT molecular complexity index is 643. The summed E-state index contributed by atoms with van der Waals surface area (Å²) >= 11 is 4.89. The fourth-order valence-corrected chi connectivity index (χ4v) is 2.89. The molecule has 2 aromatic rings. The summed E-state index contributed by atoms with van der Waals surface area (Å²) in [5.74, 6) is -0.341. The summed E-state index contributed by atoms with van der Waals surface area (Å²) < 4.78 is 1.03. The number of aromatic nitrogens is 1. The predicted octanol–water partition coefficient (Wildman–Crippen LogP) is 4.22. The van der Waals surface area contributed by atoms with Gasteiger partial charge in [-0.2, -0.15) is 0 Å². The molecule has 0 saturated carbocycles. The SMILES string of the molecule is Cc1sc(NC(=O)C(C)C(C)N)nc1-c1ccc(Br)cc1.Cl. The molecule has 1 aromatic carbocycles. The third-order valence-electron chi connectivity index (χ3n) is 3.35. The van der Waals surface area contributed by atoms with Gasteiger partial charge in [0.05, 0.1) is 11.6 Å². The highest BCUT2D eigenvalue weighted by Gasteiger charge is 2.19. The van der Waals surface area contributed by atoms with Crippen LogP contribution in [0.2, 0.25) is 0 Å². The van der Waals surface area contributed by atoms with Crippen LogP contribution in [0.5, 0.6) is 0 Å². The summed E-state index contributed by atoms with van der Waals surface area (Å²) in [4.78, 5) is 17.6. The first-order valence-corrected chi connectivity index (χ1v) is 8.29. The van der Waals surface area contributed by atoms with Crippen molar-refractivity contribution in [1.82, 2.24) is 4.98 Å². The first kappa shape index (κ1) is 19.1. The monoisotopic (exact) mass is 403 g/mol. The van der Waals surface area contributed by atoms with Crippen LogP contribution in [0.15, 0.2) is 28.7 Å². The van der Waals surface area contributed by atoms with Crippen LogP contribution < -0.4 is 11.1 Å².